The Hall–Kier alpha value is -1.68. The molecular formula is C16H22N4. The molecule has 1 fully saturated rings. The van der Waals surface area contributed by atoms with Gasteiger partial charge in [-0.25, -0.2) is 0 Å². The van der Waals surface area contributed by atoms with Gasteiger partial charge in [-0.2, -0.15) is 5.10 Å². The number of nitrogens with zero attached hydrogens (tertiary/aromatic N) is 3. The number of hydrogen-bond donors (Lipinski definition) is 1. The van der Waals surface area contributed by atoms with E-state index in [1.165, 1.54) is 31.2 Å². The third kappa shape index (κ3) is 3.07. The quantitative estimate of drug-likeness (QED) is 0.907. The van der Waals surface area contributed by atoms with Crippen molar-refractivity contribution in [2.45, 2.75) is 51.2 Å². The maximum absolute atomic E-state index is 4.70. The van der Waals surface area contributed by atoms with E-state index in [0.717, 1.165) is 12.2 Å². The molecule has 1 aliphatic rings. The maximum atomic E-state index is 4.70. The van der Waals surface area contributed by atoms with Crippen molar-refractivity contribution in [3.8, 4) is 0 Å². The Labute approximate surface area is 120 Å². The molecule has 0 bridgehead atoms. The van der Waals surface area contributed by atoms with Gasteiger partial charge >= 0.3 is 0 Å². The Morgan fingerprint density at radius 3 is 2.75 bits per heavy atom. The molecule has 1 saturated carbocycles. The largest absolute Gasteiger partial charge is 0.304 e. The van der Waals surface area contributed by atoms with Gasteiger partial charge in [-0.05, 0) is 43.5 Å². The molecular weight excluding hydrogens is 248 g/mol. The van der Waals surface area contributed by atoms with E-state index in [0.29, 0.717) is 12.1 Å². The van der Waals surface area contributed by atoms with Gasteiger partial charge in [-0.15, -0.1) is 0 Å². The number of pyridine rings is 1. The van der Waals surface area contributed by atoms with Crippen LogP contribution < -0.4 is 5.32 Å². The van der Waals surface area contributed by atoms with Gasteiger partial charge < -0.3 is 5.32 Å². The molecule has 1 N–H and O–H groups in total. The summed E-state index contributed by atoms with van der Waals surface area (Å²) in [4.78, 5) is 4.05. The van der Waals surface area contributed by atoms with E-state index in [9.17, 15) is 0 Å². The molecule has 4 heteroatoms. The zero-order valence-electron chi connectivity index (χ0n) is 12.0. The molecule has 1 atom stereocenters. The molecule has 2 heterocycles. The van der Waals surface area contributed by atoms with Crippen molar-refractivity contribution in [3.05, 3.63) is 48.0 Å². The first-order valence-electron chi connectivity index (χ1n) is 7.50. The second-order valence-corrected chi connectivity index (χ2v) is 5.61. The molecule has 0 amide bonds. The zero-order chi connectivity index (χ0) is 13.8. The normalized spacial score (nSPS) is 17.4. The van der Waals surface area contributed by atoms with Crippen LogP contribution in [0.3, 0.4) is 0 Å². The maximum Gasteiger partial charge on any atom is 0.0762 e. The highest BCUT2D eigenvalue weighted by Crippen LogP contribution is 2.28. The van der Waals surface area contributed by atoms with Gasteiger partial charge in [0, 0.05) is 31.2 Å². The summed E-state index contributed by atoms with van der Waals surface area (Å²) in [6.07, 6.45) is 11.0. The third-order valence-electron chi connectivity index (χ3n) is 4.16. The lowest BCUT2D eigenvalue weighted by atomic mass is 10.1. The SMILES string of the molecule is C[C@@H](NCc1ccn(C2CCCC2)n1)c1ccncc1. The highest BCUT2D eigenvalue weighted by Gasteiger charge is 2.17. The van der Waals surface area contributed by atoms with Gasteiger partial charge in [0.1, 0.15) is 0 Å². The van der Waals surface area contributed by atoms with Crippen LogP contribution in [-0.2, 0) is 6.54 Å². The van der Waals surface area contributed by atoms with E-state index in [1.54, 1.807) is 0 Å². The molecule has 2 aromatic heterocycles. The lowest BCUT2D eigenvalue weighted by Crippen LogP contribution is -2.18. The minimum atomic E-state index is 0.314. The Morgan fingerprint density at radius 1 is 1.25 bits per heavy atom. The summed E-state index contributed by atoms with van der Waals surface area (Å²) in [5.41, 5.74) is 2.38. The fourth-order valence-electron chi connectivity index (χ4n) is 2.87. The summed E-state index contributed by atoms with van der Waals surface area (Å²) in [6.45, 7) is 2.98. The number of aromatic nitrogens is 3. The molecule has 1 aliphatic carbocycles. The minimum Gasteiger partial charge on any atom is -0.304 e. The zero-order valence-corrected chi connectivity index (χ0v) is 12.0. The molecule has 2 aromatic rings. The fraction of sp³-hybridized carbons (Fsp3) is 0.500. The van der Waals surface area contributed by atoms with E-state index in [4.69, 9.17) is 5.10 Å². The van der Waals surface area contributed by atoms with Crippen molar-refractivity contribution < 1.29 is 0 Å². The molecule has 20 heavy (non-hydrogen) atoms. The first-order chi connectivity index (χ1) is 9.83. The van der Waals surface area contributed by atoms with Crippen molar-refractivity contribution in [1.29, 1.82) is 0 Å². The van der Waals surface area contributed by atoms with E-state index < -0.39 is 0 Å². The Morgan fingerprint density at radius 2 is 2.00 bits per heavy atom. The monoisotopic (exact) mass is 270 g/mol. The van der Waals surface area contributed by atoms with E-state index in [2.05, 4.69) is 46.3 Å². The topological polar surface area (TPSA) is 42.7 Å². The molecule has 0 radical (unpaired) electrons. The van der Waals surface area contributed by atoms with Crippen molar-refractivity contribution in [2.24, 2.45) is 0 Å². The van der Waals surface area contributed by atoms with Crippen LogP contribution in [-0.4, -0.2) is 14.8 Å². The van der Waals surface area contributed by atoms with Crippen molar-refractivity contribution in [2.75, 3.05) is 0 Å². The third-order valence-corrected chi connectivity index (χ3v) is 4.16. The average Bonchev–Trinajstić information content (AvgIpc) is 3.16. The smallest absolute Gasteiger partial charge is 0.0762 e. The van der Waals surface area contributed by atoms with Gasteiger partial charge in [0.25, 0.3) is 0 Å². The molecule has 3 rings (SSSR count). The summed E-state index contributed by atoms with van der Waals surface area (Å²) >= 11 is 0. The van der Waals surface area contributed by atoms with Crippen LogP contribution in [0.25, 0.3) is 0 Å². The molecule has 0 saturated heterocycles. The van der Waals surface area contributed by atoms with Gasteiger partial charge in [-0.1, -0.05) is 12.8 Å². The fourth-order valence-corrected chi connectivity index (χ4v) is 2.87. The van der Waals surface area contributed by atoms with Crippen molar-refractivity contribution in [1.82, 2.24) is 20.1 Å². The highest BCUT2D eigenvalue weighted by atomic mass is 15.3. The summed E-state index contributed by atoms with van der Waals surface area (Å²) < 4.78 is 2.15. The van der Waals surface area contributed by atoms with Crippen molar-refractivity contribution >= 4 is 0 Å². The van der Waals surface area contributed by atoms with Crippen LogP contribution in [0, 0.1) is 0 Å². The molecule has 0 spiro atoms. The first-order valence-corrected chi connectivity index (χ1v) is 7.50. The molecule has 0 aromatic carbocycles. The van der Waals surface area contributed by atoms with Crippen LogP contribution in [0.4, 0.5) is 0 Å². The average molecular weight is 270 g/mol. The second-order valence-electron chi connectivity index (χ2n) is 5.61. The summed E-state index contributed by atoms with van der Waals surface area (Å²) in [6, 6.07) is 7.17. The predicted molar refractivity (Wildman–Crippen MR) is 79.2 cm³/mol. The second kappa shape index (κ2) is 6.18. The van der Waals surface area contributed by atoms with Gasteiger partial charge in [0.2, 0.25) is 0 Å². The standard InChI is InChI=1S/C16H22N4/c1-13(14-6-9-17-10-7-14)18-12-15-8-11-20(19-15)16-4-2-3-5-16/h6-11,13,16,18H,2-5,12H2,1H3/t13-/m1/s1. The van der Waals surface area contributed by atoms with Crippen LogP contribution in [0.2, 0.25) is 0 Å². The minimum absolute atomic E-state index is 0.314. The lowest BCUT2D eigenvalue weighted by Gasteiger charge is -2.13. The van der Waals surface area contributed by atoms with E-state index in [1.807, 2.05) is 12.4 Å². The van der Waals surface area contributed by atoms with Crippen LogP contribution in [0.5, 0.6) is 0 Å². The number of rotatable bonds is 5. The van der Waals surface area contributed by atoms with E-state index >= 15 is 0 Å². The molecule has 0 aliphatic heterocycles. The summed E-state index contributed by atoms with van der Waals surface area (Å²) in [7, 11) is 0. The number of nitrogens with one attached hydrogen (secondary N) is 1. The Balaban J connectivity index is 1.56. The molecule has 4 nitrogen and oxygen atoms in total. The van der Waals surface area contributed by atoms with Crippen LogP contribution >= 0.6 is 0 Å². The molecule has 106 valence electrons. The Kier molecular flexibility index (Phi) is 4.11. The van der Waals surface area contributed by atoms with Crippen molar-refractivity contribution in [3.63, 3.8) is 0 Å². The van der Waals surface area contributed by atoms with E-state index in [-0.39, 0.29) is 0 Å². The van der Waals surface area contributed by atoms with Crippen LogP contribution in [0.1, 0.15) is 55.9 Å². The van der Waals surface area contributed by atoms with Gasteiger partial charge in [0.05, 0.1) is 11.7 Å². The van der Waals surface area contributed by atoms with Gasteiger partial charge in [0.15, 0.2) is 0 Å². The first kappa shape index (κ1) is 13.3. The molecule has 0 unspecified atom stereocenters. The number of hydrogen-bond acceptors (Lipinski definition) is 3. The van der Waals surface area contributed by atoms with Crippen LogP contribution in [0.15, 0.2) is 36.8 Å². The Bertz CT molecular complexity index is 528. The predicted octanol–water partition coefficient (Wildman–Crippen LogP) is 3.24. The highest BCUT2D eigenvalue weighted by molar-refractivity contribution is 5.14. The summed E-state index contributed by atoms with van der Waals surface area (Å²) in [5, 5.41) is 8.22. The summed E-state index contributed by atoms with van der Waals surface area (Å²) in [5.74, 6) is 0. The van der Waals surface area contributed by atoms with Gasteiger partial charge in [-0.3, -0.25) is 9.67 Å². The lowest BCUT2D eigenvalue weighted by molar-refractivity contribution is 0.458.